The van der Waals surface area contributed by atoms with Gasteiger partial charge in [0.1, 0.15) is 6.54 Å². The van der Waals surface area contributed by atoms with Crippen LogP contribution in [0.15, 0.2) is 55.2 Å². The molecule has 1 amide bonds. The van der Waals surface area contributed by atoms with Gasteiger partial charge in [-0.25, -0.2) is 4.98 Å². The van der Waals surface area contributed by atoms with Gasteiger partial charge >= 0.3 is 0 Å². The third-order valence-electron chi connectivity index (χ3n) is 3.72. The van der Waals surface area contributed by atoms with Crippen LogP contribution in [0.1, 0.15) is 6.92 Å². The first-order chi connectivity index (χ1) is 10.7. The predicted molar refractivity (Wildman–Crippen MR) is 86.3 cm³/mol. The van der Waals surface area contributed by atoms with Crippen LogP contribution in [0, 0.1) is 5.92 Å². The fourth-order valence-electron chi connectivity index (χ4n) is 2.60. The smallest absolute Gasteiger partial charge is 0.239 e. The van der Waals surface area contributed by atoms with Gasteiger partial charge in [0.2, 0.25) is 5.91 Å². The number of para-hydroxylation sites is 1. The number of aromatic nitrogens is 3. The molecule has 2 heterocycles. The van der Waals surface area contributed by atoms with Crippen LogP contribution in [-0.2, 0) is 17.9 Å². The number of hydrogen-bond donors (Lipinski definition) is 1. The minimum Gasteiger partial charge on any atom is -0.354 e. The second-order valence-corrected chi connectivity index (χ2v) is 5.67. The first-order valence-electron chi connectivity index (χ1n) is 7.48. The first kappa shape index (κ1) is 14.4. The molecule has 3 aromatic rings. The molecule has 0 spiro atoms. The van der Waals surface area contributed by atoms with E-state index in [1.54, 1.807) is 12.5 Å². The highest BCUT2D eigenvalue weighted by Gasteiger charge is 2.08. The van der Waals surface area contributed by atoms with Gasteiger partial charge in [-0.15, -0.1) is 0 Å². The number of carbonyl (C=O) groups excluding carboxylic acids is 1. The van der Waals surface area contributed by atoms with E-state index in [1.807, 2.05) is 45.8 Å². The van der Waals surface area contributed by atoms with Gasteiger partial charge in [0.15, 0.2) is 0 Å². The van der Waals surface area contributed by atoms with E-state index >= 15 is 0 Å². The number of amides is 1. The summed E-state index contributed by atoms with van der Waals surface area (Å²) in [4.78, 5) is 16.1. The molecule has 0 unspecified atom stereocenters. The van der Waals surface area contributed by atoms with Crippen LogP contribution in [0.2, 0.25) is 0 Å². The zero-order chi connectivity index (χ0) is 15.4. The topological polar surface area (TPSA) is 51.9 Å². The normalized spacial score (nSPS) is 12.4. The Bertz CT molecular complexity index is 745. The summed E-state index contributed by atoms with van der Waals surface area (Å²) in [6.45, 7) is 3.99. The number of nitrogens with zero attached hydrogens (tertiary/aromatic N) is 3. The SMILES string of the molecule is C[C@H](CNC(=O)Cn1ccc2ccccc21)Cn1ccnc1. The second-order valence-electron chi connectivity index (χ2n) is 5.67. The number of nitrogens with one attached hydrogen (secondary N) is 1. The van der Waals surface area contributed by atoms with Crippen molar-refractivity contribution in [1.82, 2.24) is 19.4 Å². The summed E-state index contributed by atoms with van der Waals surface area (Å²) in [5, 5.41) is 4.16. The molecule has 2 aromatic heterocycles. The summed E-state index contributed by atoms with van der Waals surface area (Å²) in [7, 11) is 0. The van der Waals surface area contributed by atoms with Crippen LogP contribution in [0.25, 0.3) is 10.9 Å². The van der Waals surface area contributed by atoms with Crippen molar-refractivity contribution in [3.8, 4) is 0 Å². The minimum atomic E-state index is 0.0406. The average Bonchev–Trinajstić information content (AvgIpc) is 3.16. The largest absolute Gasteiger partial charge is 0.354 e. The molecule has 0 saturated heterocycles. The number of imidazole rings is 1. The number of benzene rings is 1. The Kier molecular flexibility index (Phi) is 4.23. The van der Waals surface area contributed by atoms with Crippen LogP contribution < -0.4 is 5.32 Å². The Morgan fingerprint density at radius 3 is 2.95 bits per heavy atom. The highest BCUT2D eigenvalue weighted by Crippen LogP contribution is 2.14. The molecule has 0 radical (unpaired) electrons. The summed E-state index contributed by atoms with van der Waals surface area (Å²) < 4.78 is 4.00. The molecule has 5 nitrogen and oxygen atoms in total. The van der Waals surface area contributed by atoms with Gasteiger partial charge in [-0.2, -0.15) is 0 Å². The Hall–Kier alpha value is -2.56. The molecule has 0 aliphatic rings. The third-order valence-corrected chi connectivity index (χ3v) is 3.72. The molecule has 0 fully saturated rings. The van der Waals surface area contributed by atoms with E-state index in [0.717, 1.165) is 17.4 Å². The maximum Gasteiger partial charge on any atom is 0.239 e. The van der Waals surface area contributed by atoms with Gasteiger partial charge in [-0.05, 0) is 23.4 Å². The van der Waals surface area contributed by atoms with Crippen molar-refractivity contribution in [2.24, 2.45) is 5.92 Å². The lowest BCUT2D eigenvalue weighted by molar-refractivity contribution is -0.121. The van der Waals surface area contributed by atoms with Gasteiger partial charge in [0.25, 0.3) is 0 Å². The second kappa shape index (κ2) is 6.47. The lowest BCUT2D eigenvalue weighted by Gasteiger charge is -2.13. The zero-order valence-electron chi connectivity index (χ0n) is 12.6. The fourth-order valence-corrected chi connectivity index (χ4v) is 2.60. The van der Waals surface area contributed by atoms with E-state index in [-0.39, 0.29) is 5.91 Å². The van der Waals surface area contributed by atoms with E-state index in [1.165, 1.54) is 0 Å². The van der Waals surface area contributed by atoms with Gasteiger partial charge in [-0.3, -0.25) is 4.79 Å². The van der Waals surface area contributed by atoms with Gasteiger partial charge in [0, 0.05) is 37.2 Å². The number of rotatable bonds is 6. The maximum atomic E-state index is 12.1. The molecule has 1 N–H and O–H groups in total. The molecule has 1 aromatic carbocycles. The molecule has 5 heteroatoms. The average molecular weight is 296 g/mol. The summed E-state index contributed by atoms with van der Waals surface area (Å²) in [6.07, 6.45) is 7.45. The van der Waals surface area contributed by atoms with Crippen LogP contribution in [-0.4, -0.2) is 26.6 Å². The quantitative estimate of drug-likeness (QED) is 0.759. The Balaban J connectivity index is 1.52. The van der Waals surface area contributed by atoms with E-state index in [2.05, 4.69) is 23.3 Å². The molecule has 3 rings (SSSR count). The van der Waals surface area contributed by atoms with Crippen molar-refractivity contribution < 1.29 is 4.79 Å². The van der Waals surface area contributed by atoms with Crippen molar-refractivity contribution >= 4 is 16.8 Å². The lowest BCUT2D eigenvalue weighted by atomic mass is 10.2. The highest BCUT2D eigenvalue weighted by molar-refractivity contribution is 5.83. The summed E-state index contributed by atoms with van der Waals surface area (Å²) >= 11 is 0. The molecular formula is C17H20N4O. The minimum absolute atomic E-state index is 0.0406. The molecule has 114 valence electrons. The van der Waals surface area contributed by atoms with E-state index in [4.69, 9.17) is 0 Å². The lowest BCUT2D eigenvalue weighted by Crippen LogP contribution is -2.32. The number of fused-ring (bicyclic) bond motifs is 1. The van der Waals surface area contributed by atoms with Crippen molar-refractivity contribution in [3.63, 3.8) is 0 Å². The zero-order valence-corrected chi connectivity index (χ0v) is 12.6. The van der Waals surface area contributed by atoms with Crippen LogP contribution in [0.5, 0.6) is 0 Å². The number of hydrogen-bond acceptors (Lipinski definition) is 2. The Labute approximate surface area is 129 Å². The summed E-state index contributed by atoms with van der Waals surface area (Å²) in [5.74, 6) is 0.401. The maximum absolute atomic E-state index is 12.1. The van der Waals surface area contributed by atoms with Crippen LogP contribution >= 0.6 is 0 Å². The molecule has 22 heavy (non-hydrogen) atoms. The molecular weight excluding hydrogens is 276 g/mol. The van der Waals surface area contributed by atoms with Gasteiger partial charge < -0.3 is 14.5 Å². The monoisotopic (exact) mass is 296 g/mol. The van der Waals surface area contributed by atoms with Crippen molar-refractivity contribution in [1.29, 1.82) is 0 Å². The van der Waals surface area contributed by atoms with Crippen molar-refractivity contribution in [3.05, 3.63) is 55.2 Å². The first-order valence-corrected chi connectivity index (χ1v) is 7.48. The summed E-state index contributed by atoms with van der Waals surface area (Å²) in [5.41, 5.74) is 1.09. The van der Waals surface area contributed by atoms with Gasteiger partial charge in [0.05, 0.1) is 6.33 Å². The standard InChI is InChI=1S/C17H20N4O/c1-14(11-20-9-7-18-13-20)10-19-17(22)12-21-8-6-15-4-2-3-5-16(15)21/h2-9,13-14H,10-12H2,1H3,(H,19,22)/t14-/m1/s1. The molecule has 1 atom stereocenters. The highest BCUT2D eigenvalue weighted by atomic mass is 16.1. The molecule has 0 saturated carbocycles. The number of carbonyl (C=O) groups is 1. The van der Waals surface area contributed by atoms with Crippen LogP contribution in [0.3, 0.4) is 0 Å². The predicted octanol–water partition coefficient (Wildman–Crippen LogP) is 2.29. The van der Waals surface area contributed by atoms with E-state index < -0.39 is 0 Å². The van der Waals surface area contributed by atoms with E-state index in [9.17, 15) is 4.79 Å². The fraction of sp³-hybridized carbons (Fsp3) is 0.294. The molecule has 0 bridgehead atoms. The molecule has 0 aliphatic heterocycles. The van der Waals surface area contributed by atoms with Crippen molar-refractivity contribution in [2.75, 3.05) is 6.54 Å². The van der Waals surface area contributed by atoms with Gasteiger partial charge in [-0.1, -0.05) is 25.1 Å². The van der Waals surface area contributed by atoms with E-state index in [0.29, 0.717) is 19.0 Å². The summed E-state index contributed by atoms with van der Waals surface area (Å²) in [6, 6.07) is 10.1. The third kappa shape index (κ3) is 3.36. The Morgan fingerprint density at radius 2 is 2.14 bits per heavy atom. The van der Waals surface area contributed by atoms with Crippen molar-refractivity contribution in [2.45, 2.75) is 20.0 Å². The van der Waals surface area contributed by atoms with Crippen LogP contribution in [0.4, 0.5) is 0 Å². The Morgan fingerprint density at radius 1 is 1.27 bits per heavy atom. The molecule has 0 aliphatic carbocycles.